The van der Waals surface area contributed by atoms with Crippen molar-refractivity contribution in [2.45, 2.75) is 13.0 Å². The Bertz CT molecular complexity index is 803. The van der Waals surface area contributed by atoms with Crippen molar-refractivity contribution < 1.29 is 0 Å². The molecule has 1 aliphatic rings. The van der Waals surface area contributed by atoms with E-state index in [4.69, 9.17) is 29.6 Å². The number of hydrogen-bond donors (Lipinski definition) is 2. The van der Waals surface area contributed by atoms with E-state index in [-0.39, 0.29) is 5.11 Å². The van der Waals surface area contributed by atoms with Crippen LogP contribution in [-0.2, 0) is 0 Å². The largest absolute Gasteiger partial charge is 0.375 e. The molecule has 1 saturated heterocycles. The molecule has 0 aromatic heterocycles. The Balaban J connectivity index is 1.60. The van der Waals surface area contributed by atoms with Crippen molar-refractivity contribution in [3.8, 4) is 0 Å². The molecule has 1 aliphatic heterocycles. The highest BCUT2D eigenvalue weighted by atomic mass is 35.5. The van der Waals surface area contributed by atoms with Crippen LogP contribution in [-0.4, -0.2) is 42.4 Å². The van der Waals surface area contributed by atoms with Crippen molar-refractivity contribution >= 4 is 40.8 Å². The van der Waals surface area contributed by atoms with Gasteiger partial charge in [0.1, 0.15) is 0 Å². The Labute approximate surface area is 170 Å². The number of piperazine rings is 1. The van der Waals surface area contributed by atoms with Crippen LogP contribution in [0.3, 0.4) is 0 Å². The van der Waals surface area contributed by atoms with Crippen molar-refractivity contribution in [2.24, 2.45) is 10.8 Å². The van der Waals surface area contributed by atoms with Crippen LogP contribution in [0.5, 0.6) is 0 Å². The van der Waals surface area contributed by atoms with Gasteiger partial charge in [0.15, 0.2) is 5.11 Å². The van der Waals surface area contributed by atoms with E-state index in [1.165, 1.54) is 5.56 Å². The van der Waals surface area contributed by atoms with E-state index in [0.717, 1.165) is 37.4 Å². The number of nitrogens with one attached hydrogen (secondary N) is 1. The fourth-order valence-electron chi connectivity index (χ4n) is 3.29. The minimum absolute atomic E-state index is 0.126. The van der Waals surface area contributed by atoms with Gasteiger partial charge in [0.25, 0.3) is 0 Å². The standard InChI is InChI=1S/C20H24ClN5S/c1-15(16-5-3-2-4-6-16)25-9-11-26(12-10-25)18-8-7-17(19(21)13-18)14-23-24-20(22)27/h2-8,13-15H,9-12H2,1H3,(H3,22,24,27)/b23-14+. The predicted molar refractivity (Wildman–Crippen MR) is 118 cm³/mol. The average Bonchev–Trinajstić information content (AvgIpc) is 2.69. The summed E-state index contributed by atoms with van der Waals surface area (Å²) in [6.07, 6.45) is 1.62. The predicted octanol–water partition coefficient (Wildman–Crippen LogP) is 3.39. The summed E-state index contributed by atoms with van der Waals surface area (Å²) in [6.45, 7) is 6.27. The van der Waals surface area contributed by atoms with E-state index >= 15 is 0 Å². The molecule has 1 unspecified atom stereocenters. The van der Waals surface area contributed by atoms with Gasteiger partial charge >= 0.3 is 0 Å². The number of hydrogen-bond acceptors (Lipinski definition) is 4. The van der Waals surface area contributed by atoms with Crippen LogP contribution < -0.4 is 16.1 Å². The molecular weight excluding hydrogens is 378 g/mol. The lowest BCUT2D eigenvalue weighted by atomic mass is 10.1. The zero-order valence-corrected chi connectivity index (χ0v) is 16.9. The second kappa shape index (κ2) is 9.17. The number of halogens is 1. The van der Waals surface area contributed by atoms with E-state index in [0.29, 0.717) is 11.1 Å². The molecule has 7 heteroatoms. The van der Waals surface area contributed by atoms with Gasteiger partial charge in [-0.15, -0.1) is 0 Å². The fourth-order valence-corrected chi connectivity index (χ4v) is 3.57. The Kier molecular flexibility index (Phi) is 6.66. The Morgan fingerprint density at radius 1 is 1.19 bits per heavy atom. The van der Waals surface area contributed by atoms with E-state index in [1.54, 1.807) is 6.21 Å². The van der Waals surface area contributed by atoms with E-state index < -0.39 is 0 Å². The molecule has 142 valence electrons. The number of hydrazone groups is 1. The van der Waals surface area contributed by atoms with Crippen LogP contribution in [0.1, 0.15) is 24.1 Å². The maximum atomic E-state index is 6.40. The number of thiocarbonyl (C=S) groups is 1. The third-order valence-corrected chi connectivity index (χ3v) is 5.29. The average molecular weight is 402 g/mol. The van der Waals surface area contributed by atoms with Gasteiger partial charge in [-0.25, -0.2) is 0 Å². The lowest BCUT2D eigenvalue weighted by molar-refractivity contribution is 0.198. The van der Waals surface area contributed by atoms with Gasteiger partial charge < -0.3 is 10.6 Å². The molecule has 0 aliphatic carbocycles. The van der Waals surface area contributed by atoms with Crippen molar-refractivity contribution in [1.82, 2.24) is 10.3 Å². The molecule has 5 nitrogen and oxygen atoms in total. The molecule has 2 aromatic carbocycles. The summed E-state index contributed by atoms with van der Waals surface area (Å²) in [4.78, 5) is 4.89. The summed E-state index contributed by atoms with van der Waals surface area (Å²) in [5.41, 5.74) is 11.2. The fraction of sp³-hybridized carbons (Fsp3) is 0.300. The molecule has 0 saturated carbocycles. The van der Waals surface area contributed by atoms with E-state index in [9.17, 15) is 0 Å². The van der Waals surface area contributed by atoms with Crippen LogP contribution >= 0.6 is 23.8 Å². The smallest absolute Gasteiger partial charge is 0.184 e. The third-order valence-electron chi connectivity index (χ3n) is 4.87. The second-order valence-corrected chi connectivity index (χ2v) is 7.40. The topological polar surface area (TPSA) is 56.9 Å². The van der Waals surface area contributed by atoms with Crippen molar-refractivity contribution in [1.29, 1.82) is 0 Å². The lowest BCUT2D eigenvalue weighted by Crippen LogP contribution is -2.47. The molecular formula is C20H24ClN5S. The third kappa shape index (κ3) is 5.19. The summed E-state index contributed by atoms with van der Waals surface area (Å²) in [6, 6.07) is 17.1. The van der Waals surface area contributed by atoms with Crippen LogP contribution in [0.15, 0.2) is 53.6 Å². The minimum atomic E-state index is 0.126. The van der Waals surface area contributed by atoms with Crippen molar-refractivity contribution in [3.63, 3.8) is 0 Å². The summed E-state index contributed by atoms with van der Waals surface area (Å²) < 4.78 is 0. The summed E-state index contributed by atoms with van der Waals surface area (Å²) in [7, 11) is 0. The number of rotatable bonds is 5. The van der Waals surface area contributed by atoms with E-state index in [1.807, 2.05) is 12.1 Å². The summed E-state index contributed by atoms with van der Waals surface area (Å²) in [5.74, 6) is 0. The first kappa shape index (κ1) is 19.6. The Morgan fingerprint density at radius 2 is 1.89 bits per heavy atom. The molecule has 2 aromatic rings. The molecule has 1 heterocycles. The quantitative estimate of drug-likeness (QED) is 0.457. The zero-order chi connectivity index (χ0) is 19.2. The first-order chi connectivity index (χ1) is 13.0. The molecule has 1 fully saturated rings. The molecule has 0 bridgehead atoms. The first-order valence-corrected chi connectivity index (χ1v) is 9.75. The lowest BCUT2D eigenvalue weighted by Gasteiger charge is -2.39. The monoisotopic (exact) mass is 401 g/mol. The normalized spacial score (nSPS) is 16.4. The van der Waals surface area contributed by atoms with Crippen LogP contribution in [0.4, 0.5) is 5.69 Å². The van der Waals surface area contributed by atoms with Gasteiger partial charge in [0.05, 0.1) is 11.2 Å². The highest BCUT2D eigenvalue weighted by Gasteiger charge is 2.22. The van der Waals surface area contributed by atoms with Crippen LogP contribution in [0, 0.1) is 0 Å². The van der Waals surface area contributed by atoms with Crippen molar-refractivity contribution in [2.75, 3.05) is 31.1 Å². The van der Waals surface area contributed by atoms with Gasteiger partial charge in [0, 0.05) is 43.5 Å². The molecule has 27 heavy (non-hydrogen) atoms. The second-order valence-electron chi connectivity index (χ2n) is 6.55. The highest BCUT2D eigenvalue weighted by molar-refractivity contribution is 7.80. The van der Waals surface area contributed by atoms with E-state index in [2.05, 4.69) is 63.6 Å². The van der Waals surface area contributed by atoms with Gasteiger partial charge in [-0.05, 0) is 42.9 Å². The highest BCUT2D eigenvalue weighted by Crippen LogP contribution is 2.26. The number of benzene rings is 2. The molecule has 0 amide bonds. The van der Waals surface area contributed by atoms with Gasteiger partial charge in [0.2, 0.25) is 0 Å². The zero-order valence-electron chi connectivity index (χ0n) is 15.3. The number of anilines is 1. The molecule has 3 rings (SSSR count). The van der Waals surface area contributed by atoms with Gasteiger partial charge in [-0.2, -0.15) is 5.10 Å². The maximum Gasteiger partial charge on any atom is 0.184 e. The maximum absolute atomic E-state index is 6.40. The summed E-state index contributed by atoms with van der Waals surface area (Å²) in [5, 5.41) is 4.74. The van der Waals surface area contributed by atoms with Crippen molar-refractivity contribution in [3.05, 3.63) is 64.7 Å². The van der Waals surface area contributed by atoms with Gasteiger partial charge in [-0.3, -0.25) is 10.3 Å². The Morgan fingerprint density at radius 3 is 2.52 bits per heavy atom. The molecule has 0 spiro atoms. The number of nitrogens with two attached hydrogens (primary N) is 1. The van der Waals surface area contributed by atoms with Gasteiger partial charge in [-0.1, -0.05) is 41.9 Å². The number of nitrogens with zero attached hydrogens (tertiary/aromatic N) is 3. The molecule has 1 atom stereocenters. The summed E-state index contributed by atoms with van der Waals surface area (Å²) >= 11 is 11.1. The molecule has 0 radical (unpaired) electrons. The first-order valence-electron chi connectivity index (χ1n) is 8.96. The SMILES string of the molecule is CC(c1ccccc1)N1CCN(c2ccc(/C=N/NC(N)=S)c(Cl)c2)CC1. The molecule has 3 N–H and O–H groups in total. The minimum Gasteiger partial charge on any atom is -0.375 e. The Hall–Kier alpha value is -2.15. The van der Waals surface area contributed by atoms with Crippen LogP contribution in [0.2, 0.25) is 5.02 Å². The van der Waals surface area contributed by atoms with Crippen LogP contribution in [0.25, 0.3) is 0 Å².